The maximum Gasteiger partial charge on any atom is 1.00 e. The predicted octanol–water partition coefficient (Wildman–Crippen LogP) is -1.50. The second-order valence-corrected chi connectivity index (χ2v) is 6.60. The van der Waals surface area contributed by atoms with E-state index in [2.05, 4.69) is 10.3 Å². The molecule has 1 aromatic rings. The zero-order chi connectivity index (χ0) is 15.5. The van der Waals surface area contributed by atoms with E-state index in [-0.39, 0.29) is 70.2 Å². The van der Waals surface area contributed by atoms with Crippen LogP contribution in [-0.4, -0.2) is 43.8 Å². The van der Waals surface area contributed by atoms with Crippen molar-refractivity contribution in [3.05, 3.63) is 17.7 Å². The van der Waals surface area contributed by atoms with Gasteiger partial charge >= 0.3 is 57.4 Å². The molecule has 0 spiro atoms. The molecule has 1 heterocycles. The van der Waals surface area contributed by atoms with Gasteiger partial charge in [0, 0.05) is 13.1 Å². The summed E-state index contributed by atoms with van der Waals surface area (Å²) in [5.74, 6) is -0.731. The maximum absolute atomic E-state index is 11.5. The van der Waals surface area contributed by atoms with E-state index in [1.807, 2.05) is 13.8 Å². The number of hydrogen-bond donors (Lipinski definition) is 2. The number of carboxylic acids is 1. The molecule has 0 aliphatic heterocycles. The van der Waals surface area contributed by atoms with Crippen LogP contribution in [0.3, 0.4) is 0 Å². The molecular weight excluding hydrogens is 321 g/mol. The van der Waals surface area contributed by atoms with Gasteiger partial charge in [0.05, 0.1) is 11.8 Å². The van der Waals surface area contributed by atoms with Crippen LogP contribution in [0.2, 0.25) is 0 Å². The molecule has 21 heavy (non-hydrogen) atoms. The normalized spacial score (nSPS) is 12.2. The van der Waals surface area contributed by atoms with E-state index >= 15 is 0 Å². The molecule has 2 N–H and O–H groups in total. The van der Waals surface area contributed by atoms with Gasteiger partial charge in [-0.15, -0.1) is 0 Å². The van der Waals surface area contributed by atoms with Gasteiger partial charge in [-0.1, -0.05) is 6.92 Å². The molecule has 1 rings (SSSR count). The Morgan fingerprint density at radius 3 is 2.52 bits per heavy atom. The zero-order valence-electron chi connectivity index (χ0n) is 13.9. The minimum Gasteiger partial charge on any atom is -1.00 e. The first-order chi connectivity index (χ1) is 9.15. The Labute approximate surface area is 169 Å². The van der Waals surface area contributed by atoms with Gasteiger partial charge < -0.3 is 11.8 Å². The number of hydrogen-bond acceptors (Lipinski definition) is 5. The van der Waals surface area contributed by atoms with Crippen LogP contribution in [-0.2, 0) is 10.0 Å². The Bertz CT molecular complexity index is 612. The van der Waals surface area contributed by atoms with Crippen LogP contribution in [0.1, 0.15) is 32.1 Å². The van der Waals surface area contributed by atoms with E-state index in [4.69, 9.17) is 5.11 Å². The third-order valence-corrected chi connectivity index (χ3v) is 4.07. The molecule has 1 unspecified atom stereocenters. The minimum atomic E-state index is -3.50. The van der Waals surface area contributed by atoms with E-state index in [9.17, 15) is 13.2 Å². The molecule has 0 radical (unpaired) electrons. The first kappa shape index (κ1) is 20.8. The number of aromatic carboxylic acids is 1. The summed E-state index contributed by atoms with van der Waals surface area (Å²) in [4.78, 5) is 15.3. The topological polar surface area (TPSA) is 99.6 Å². The molecule has 0 saturated carbocycles. The van der Waals surface area contributed by atoms with Crippen molar-refractivity contribution < 1.29 is 71.1 Å². The molecule has 0 fully saturated rings. The second kappa shape index (κ2) is 8.44. The van der Waals surface area contributed by atoms with Crippen molar-refractivity contribution >= 4 is 27.6 Å². The van der Waals surface area contributed by atoms with Crippen molar-refractivity contribution in [1.29, 1.82) is 0 Å². The number of sulfonamides is 1. The van der Waals surface area contributed by atoms with Crippen LogP contribution >= 0.6 is 0 Å². The molecular formula is C12H20KN3O4S. The number of carbonyl (C=O) groups is 1. The summed E-state index contributed by atoms with van der Waals surface area (Å²) in [6, 6.07) is 2.71. The van der Waals surface area contributed by atoms with Gasteiger partial charge in [0.25, 0.3) is 0 Å². The Hall–Kier alpha value is -0.194. The molecule has 7 nitrogen and oxygen atoms in total. The number of rotatable bonds is 6. The fourth-order valence-corrected chi connectivity index (χ4v) is 1.83. The average molecular weight is 341 g/mol. The van der Waals surface area contributed by atoms with Crippen molar-refractivity contribution in [3.8, 4) is 0 Å². The molecule has 0 aliphatic rings. The smallest absolute Gasteiger partial charge is 1.00 e. The molecule has 9 heteroatoms. The maximum atomic E-state index is 11.5. The van der Waals surface area contributed by atoms with Crippen molar-refractivity contribution in [1.82, 2.24) is 4.98 Å². The Balaban J connectivity index is 0. The summed E-state index contributed by atoms with van der Waals surface area (Å²) >= 11 is 0. The van der Waals surface area contributed by atoms with E-state index in [0.29, 0.717) is 5.82 Å². The van der Waals surface area contributed by atoms with E-state index in [1.165, 1.54) is 19.2 Å². The monoisotopic (exact) mass is 341 g/mol. The molecule has 114 valence electrons. The van der Waals surface area contributed by atoms with Crippen molar-refractivity contribution in [2.24, 2.45) is 0 Å². The summed E-state index contributed by atoms with van der Waals surface area (Å²) in [7, 11) is -2.17. The first-order valence-corrected chi connectivity index (χ1v) is 7.95. The number of pyridine rings is 1. The molecule has 1 aromatic heterocycles. The molecule has 0 amide bonds. The van der Waals surface area contributed by atoms with E-state index < -0.39 is 16.0 Å². The van der Waals surface area contributed by atoms with Crippen LogP contribution in [0.15, 0.2) is 12.1 Å². The number of nitrogens with zero attached hydrogens (tertiary/aromatic N) is 2. The van der Waals surface area contributed by atoms with Gasteiger partial charge in [0.2, 0.25) is 10.0 Å². The molecule has 0 aliphatic carbocycles. The largest absolute Gasteiger partial charge is 1.00 e. The van der Waals surface area contributed by atoms with Crippen LogP contribution in [0, 0.1) is 0 Å². The quantitative estimate of drug-likeness (QED) is 0.611. The van der Waals surface area contributed by atoms with Crippen molar-refractivity contribution in [2.75, 3.05) is 22.9 Å². The summed E-state index contributed by atoms with van der Waals surface area (Å²) in [6.07, 6.45) is 1.86. The fourth-order valence-electron chi connectivity index (χ4n) is 1.40. The first-order valence-electron chi connectivity index (χ1n) is 6.11. The molecule has 0 saturated heterocycles. The van der Waals surface area contributed by atoms with Gasteiger partial charge in [-0.2, -0.15) is 0 Å². The summed E-state index contributed by atoms with van der Waals surface area (Å²) in [5.41, 5.74) is -0.0173. The van der Waals surface area contributed by atoms with Crippen molar-refractivity contribution in [2.45, 2.75) is 26.3 Å². The zero-order valence-corrected chi connectivity index (χ0v) is 16.9. The Kier molecular flexibility index (Phi) is 8.36. The van der Waals surface area contributed by atoms with Gasteiger partial charge in [-0.25, -0.2) is 18.2 Å². The number of aromatic nitrogens is 1. The summed E-state index contributed by atoms with van der Waals surface area (Å²) in [5, 5.41) is 12.1. The van der Waals surface area contributed by atoms with E-state index in [1.54, 1.807) is 0 Å². The molecule has 0 bridgehead atoms. The molecule has 1 atom stereocenters. The third kappa shape index (κ3) is 6.21. The second-order valence-electron chi connectivity index (χ2n) is 4.59. The minimum absolute atomic E-state index is 0. The van der Waals surface area contributed by atoms with Gasteiger partial charge in [-0.3, -0.25) is 4.31 Å². The van der Waals surface area contributed by atoms with Gasteiger partial charge in [0.1, 0.15) is 11.6 Å². The summed E-state index contributed by atoms with van der Waals surface area (Å²) < 4.78 is 24.0. The van der Waals surface area contributed by atoms with E-state index in [0.717, 1.165) is 17.0 Å². The average Bonchev–Trinajstić information content (AvgIpc) is 2.36. The van der Waals surface area contributed by atoms with Gasteiger partial charge in [0.15, 0.2) is 0 Å². The third-order valence-electron chi connectivity index (χ3n) is 2.89. The van der Waals surface area contributed by atoms with Crippen LogP contribution in [0.4, 0.5) is 11.6 Å². The number of anilines is 2. The van der Waals surface area contributed by atoms with Crippen LogP contribution in [0.5, 0.6) is 0 Å². The number of carboxylic acid groups (broad SMARTS) is 1. The summed E-state index contributed by atoms with van der Waals surface area (Å²) in [6.45, 7) is 3.90. The van der Waals surface area contributed by atoms with Crippen LogP contribution < -0.4 is 61.0 Å². The van der Waals surface area contributed by atoms with Gasteiger partial charge in [-0.05, 0) is 25.5 Å². The number of nitrogens with one attached hydrogen (secondary N) is 1. The SMILES string of the molecule is CCC(C)Nc1cc(C(=O)O)cc(N(C)S(C)(=O)=O)n1.[H-].[K+]. The van der Waals surface area contributed by atoms with Crippen LogP contribution in [0.25, 0.3) is 0 Å². The Morgan fingerprint density at radius 1 is 1.52 bits per heavy atom. The molecule has 0 aromatic carbocycles. The standard InChI is InChI=1S/C12H19N3O4S.K.H/c1-5-8(2)13-10-6-9(12(16)17)7-11(14-10)15(3)20(4,18)19;;/h6-8H,5H2,1-4H3,(H,13,14)(H,16,17);;/q;+1;-1. The Morgan fingerprint density at radius 2 is 2.10 bits per heavy atom. The predicted molar refractivity (Wildman–Crippen MR) is 78.9 cm³/mol. The fraction of sp³-hybridized carbons (Fsp3) is 0.500. The van der Waals surface area contributed by atoms with Crippen molar-refractivity contribution in [3.63, 3.8) is 0 Å².